The van der Waals surface area contributed by atoms with E-state index in [9.17, 15) is 24.9 Å². The molecule has 27 heavy (non-hydrogen) atoms. The molecule has 2 rings (SSSR count). The van der Waals surface area contributed by atoms with Crippen molar-refractivity contribution in [1.82, 2.24) is 0 Å². The smallest absolute Gasteiger partial charge is 0.342 e. The number of benzene rings is 1. The molecule has 1 aromatic rings. The number of carbonyl (C=O) groups excluding carboxylic acids is 2. The van der Waals surface area contributed by atoms with E-state index in [1.54, 1.807) is 27.0 Å². The zero-order valence-corrected chi connectivity index (χ0v) is 15.5. The summed E-state index contributed by atoms with van der Waals surface area (Å²) in [5.41, 5.74) is 0.992. The van der Waals surface area contributed by atoms with Crippen LogP contribution in [0.5, 0.6) is 5.75 Å². The minimum atomic E-state index is -1.55. The van der Waals surface area contributed by atoms with Crippen molar-refractivity contribution in [3.05, 3.63) is 41.5 Å². The standard InChI is InChI=1S/C20H25NO6/c1-11-7-8-16(23)19(25)15(22)6-4-5-13-9-14(21-3)10-17(24)18(13)20(26)27-12(11)2/h4-5,7-12,15,19,21-22,24-25H,6H2,1-3H3/b5-4+,8-7-/t11?,12?,15?,19-/m0/s1. The number of hydrogen-bond donors (Lipinski definition) is 4. The summed E-state index contributed by atoms with van der Waals surface area (Å²) in [4.78, 5) is 24.6. The molecule has 0 amide bonds. The number of aromatic hydroxyl groups is 1. The summed E-state index contributed by atoms with van der Waals surface area (Å²) in [6.45, 7) is 3.42. The molecule has 7 heteroatoms. The highest BCUT2D eigenvalue weighted by Crippen LogP contribution is 2.29. The van der Waals surface area contributed by atoms with E-state index < -0.39 is 30.1 Å². The molecule has 1 aromatic carbocycles. The minimum Gasteiger partial charge on any atom is -0.507 e. The summed E-state index contributed by atoms with van der Waals surface area (Å²) in [5.74, 6) is -1.85. The molecule has 4 atom stereocenters. The largest absolute Gasteiger partial charge is 0.507 e. The van der Waals surface area contributed by atoms with Gasteiger partial charge in [-0.05, 0) is 31.1 Å². The molecule has 0 radical (unpaired) electrons. The van der Waals surface area contributed by atoms with E-state index in [4.69, 9.17) is 4.74 Å². The average molecular weight is 375 g/mol. The summed E-state index contributed by atoms with van der Waals surface area (Å²) < 4.78 is 5.44. The van der Waals surface area contributed by atoms with Gasteiger partial charge in [0.2, 0.25) is 0 Å². The minimum absolute atomic E-state index is 0.00820. The van der Waals surface area contributed by atoms with Crippen molar-refractivity contribution < 1.29 is 29.6 Å². The van der Waals surface area contributed by atoms with Gasteiger partial charge in [0, 0.05) is 24.7 Å². The second kappa shape index (κ2) is 8.83. The number of nitrogens with one attached hydrogen (secondary N) is 1. The Bertz CT molecular complexity index is 770. The zero-order chi connectivity index (χ0) is 20.1. The lowest BCUT2D eigenvalue weighted by Gasteiger charge is -2.20. The molecule has 0 aromatic heterocycles. The number of phenols is 1. The molecule has 0 fully saturated rings. The first-order valence-corrected chi connectivity index (χ1v) is 8.75. The van der Waals surface area contributed by atoms with Gasteiger partial charge in [0.15, 0.2) is 5.78 Å². The van der Waals surface area contributed by atoms with Crippen molar-refractivity contribution in [3.8, 4) is 5.75 Å². The van der Waals surface area contributed by atoms with Crippen molar-refractivity contribution in [1.29, 1.82) is 0 Å². The fraction of sp³-hybridized carbons (Fsp3) is 0.400. The predicted octanol–water partition coefficient (Wildman–Crippen LogP) is 1.88. The lowest BCUT2D eigenvalue weighted by molar-refractivity contribution is -0.127. The van der Waals surface area contributed by atoms with Gasteiger partial charge in [-0.25, -0.2) is 4.79 Å². The molecular formula is C20H25NO6. The number of carbonyl (C=O) groups is 2. The van der Waals surface area contributed by atoms with E-state index in [2.05, 4.69) is 5.32 Å². The lowest BCUT2D eigenvalue weighted by Crippen LogP contribution is -2.32. The number of rotatable bonds is 1. The molecule has 1 aliphatic rings. The Morgan fingerprint density at radius 1 is 1.15 bits per heavy atom. The highest BCUT2D eigenvalue weighted by molar-refractivity contribution is 5.97. The molecule has 3 unspecified atom stereocenters. The van der Waals surface area contributed by atoms with E-state index in [-0.39, 0.29) is 23.7 Å². The van der Waals surface area contributed by atoms with Gasteiger partial charge in [0.05, 0.1) is 6.10 Å². The number of aliphatic hydroxyl groups is 2. The summed E-state index contributed by atoms with van der Waals surface area (Å²) in [6, 6.07) is 3.07. The van der Waals surface area contributed by atoms with Crippen LogP contribution in [0.15, 0.2) is 30.4 Å². The van der Waals surface area contributed by atoms with Gasteiger partial charge in [-0.15, -0.1) is 0 Å². The summed E-state index contributed by atoms with van der Waals surface area (Å²) in [6.07, 6.45) is 2.34. The topological polar surface area (TPSA) is 116 Å². The van der Waals surface area contributed by atoms with E-state index in [0.29, 0.717) is 11.3 Å². The van der Waals surface area contributed by atoms with Gasteiger partial charge < -0.3 is 25.4 Å². The van der Waals surface area contributed by atoms with Crippen molar-refractivity contribution in [3.63, 3.8) is 0 Å². The SMILES string of the molecule is CNc1cc(O)c2c(c1)/C=C/CC(O)[C@H](O)C(=O)/C=C\C(C)C(C)OC2=O. The average Bonchev–Trinajstić information content (AvgIpc) is 2.63. The number of fused-ring (bicyclic) bond motifs is 1. The van der Waals surface area contributed by atoms with E-state index in [0.717, 1.165) is 0 Å². The number of phenolic OH excluding ortho intramolecular Hbond substituents is 1. The number of ketones is 1. The van der Waals surface area contributed by atoms with Gasteiger partial charge in [0.25, 0.3) is 0 Å². The number of aliphatic hydroxyl groups excluding tert-OH is 2. The number of anilines is 1. The molecule has 1 aliphatic heterocycles. The fourth-order valence-electron chi connectivity index (χ4n) is 2.64. The quantitative estimate of drug-likeness (QED) is 0.554. The molecule has 7 nitrogen and oxygen atoms in total. The van der Waals surface area contributed by atoms with Crippen LogP contribution >= 0.6 is 0 Å². The fourth-order valence-corrected chi connectivity index (χ4v) is 2.64. The maximum atomic E-state index is 12.6. The second-order valence-corrected chi connectivity index (χ2v) is 6.59. The van der Waals surface area contributed by atoms with Gasteiger partial charge >= 0.3 is 5.97 Å². The van der Waals surface area contributed by atoms with E-state index in [1.807, 2.05) is 0 Å². The maximum Gasteiger partial charge on any atom is 0.342 e. The normalized spacial score (nSPS) is 29.2. The zero-order valence-electron chi connectivity index (χ0n) is 15.5. The Morgan fingerprint density at radius 2 is 1.85 bits per heavy atom. The molecule has 0 saturated carbocycles. The monoisotopic (exact) mass is 375 g/mol. The Hall–Kier alpha value is -2.64. The molecule has 0 aliphatic carbocycles. The van der Waals surface area contributed by atoms with Crippen LogP contribution in [0.1, 0.15) is 36.2 Å². The molecule has 0 saturated heterocycles. The molecule has 1 heterocycles. The van der Waals surface area contributed by atoms with Crippen molar-refractivity contribution >= 4 is 23.5 Å². The maximum absolute atomic E-state index is 12.6. The van der Waals surface area contributed by atoms with Crippen LogP contribution < -0.4 is 5.32 Å². The van der Waals surface area contributed by atoms with E-state index in [1.165, 1.54) is 30.4 Å². The summed E-state index contributed by atoms with van der Waals surface area (Å²) in [5, 5.41) is 33.2. The van der Waals surface area contributed by atoms with E-state index >= 15 is 0 Å². The van der Waals surface area contributed by atoms with Crippen LogP contribution in [-0.4, -0.2) is 52.4 Å². The predicted molar refractivity (Wildman–Crippen MR) is 102 cm³/mol. The van der Waals surface area contributed by atoms with Gasteiger partial charge in [-0.2, -0.15) is 0 Å². The third kappa shape index (κ3) is 4.96. The Morgan fingerprint density at radius 3 is 2.52 bits per heavy atom. The number of cyclic esters (lactones) is 1. The first-order valence-electron chi connectivity index (χ1n) is 8.75. The number of hydrogen-bond acceptors (Lipinski definition) is 7. The number of esters is 1. The third-order valence-corrected chi connectivity index (χ3v) is 4.57. The highest BCUT2D eigenvalue weighted by Gasteiger charge is 2.25. The second-order valence-electron chi connectivity index (χ2n) is 6.59. The van der Waals surface area contributed by atoms with Crippen molar-refractivity contribution in [2.24, 2.45) is 5.92 Å². The molecular weight excluding hydrogens is 350 g/mol. The molecule has 0 bridgehead atoms. The number of ether oxygens (including phenoxy) is 1. The van der Waals surface area contributed by atoms with Crippen LogP contribution in [0.2, 0.25) is 0 Å². The molecule has 146 valence electrons. The molecule has 4 N–H and O–H groups in total. The Balaban J connectivity index is 2.50. The van der Waals surface area contributed by atoms with Crippen LogP contribution in [0.4, 0.5) is 5.69 Å². The van der Waals surface area contributed by atoms with Crippen LogP contribution in [-0.2, 0) is 9.53 Å². The Labute approximate surface area is 158 Å². The van der Waals surface area contributed by atoms with Crippen LogP contribution in [0.25, 0.3) is 6.08 Å². The van der Waals surface area contributed by atoms with Gasteiger partial charge in [-0.3, -0.25) is 4.79 Å². The molecule has 0 spiro atoms. The van der Waals surface area contributed by atoms with Crippen molar-refractivity contribution in [2.75, 3.05) is 12.4 Å². The summed E-state index contributed by atoms with van der Waals surface area (Å²) in [7, 11) is 1.67. The van der Waals surface area contributed by atoms with Crippen LogP contribution in [0.3, 0.4) is 0 Å². The van der Waals surface area contributed by atoms with Gasteiger partial charge in [-0.1, -0.05) is 25.2 Å². The first kappa shape index (κ1) is 20.7. The highest BCUT2D eigenvalue weighted by atomic mass is 16.5. The third-order valence-electron chi connectivity index (χ3n) is 4.57. The van der Waals surface area contributed by atoms with Crippen molar-refractivity contribution in [2.45, 2.75) is 38.6 Å². The summed E-state index contributed by atoms with van der Waals surface area (Å²) >= 11 is 0. The van der Waals surface area contributed by atoms with Gasteiger partial charge in [0.1, 0.15) is 23.5 Å². The van der Waals surface area contributed by atoms with Crippen LogP contribution in [0, 0.1) is 5.92 Å². The lowest BCUT2D eigenvalue weighted by atomic mass is 9.99. The first-order chi connectivity index (χ1) is 12.7. The Kier molecular flexibility index (Phi) is 6.76.